The number of aliphatic hydroxyl groups excluding tert-OH is 1. The lowest BCUT2D eigenvalue weighted by Gasteiger charge is -2.37. The zero-order valence-electron chi connectivity index (χ0n) is 12.2. The standard InChI is InChI=1S/C16H25NO2/c1-12-5-4-6-14(9-12)15(18)10-17-8-7-13(2)16(11-17)19-3/h4-6,9,13,15-16,18H,7-8,10-11H2,1-3H3. The van der Waals surface area contributed by atoms with E-state index in [1.54, 1.807) is 7.11 Å². The minimum Gasteiger partial charge on any atom is -0.387 e. The lowest BCUT2D eigenvalue weighted by molar-refractivity contribution is -0.0180. The van der Waals surface area contributed by atoms with Crippen LogP contribution in [-0.4, -0.2) is 42.9 Å². The van der Waals surface area contributed by atoms with Crippen LogP contribution in [0.1, 0.15) is 30.6 Å². The quantitative estimate of drug-likeness (QED) is 0.905. The third-order valence-corrected chi connectivity index (χ3v) is 4.13. The van der Waals surface area contributed by atoms with Gasteiger partial charge in [-0.15, -0.1) is 0 Å². The molecule has 19 heavy (non-hydrogen) atoms. The van der Waals surface area contributed by atoms with E-state index in [1.807, 2.05) is 12.1 Å². The van der Waals surface area contributed by atoms with Gasteiger partial charge in [0.2, 0.25) is 0 Å². The van der Waals surface area contributed by atoms with Gasteiger partial charge in [-0.3, -0.25) is 4.90 Å². The molecule has 3 unspecified atom stereocenters. The van der Waals surface area contributed by atoms with Gasteiger partial charge in [0.05, 0.1) is 12.2 Å². The molecule has 1 aliphatic rings. The van der Waals surface area contributed by atoms with Gasteiger partial charge in [-0.1, -0.05) is 36.8 Å². The number of aryl methyl sites for hydroxylation is 1. The molecule has 3 heteroatoms. The molecule has 0 bridgehead atoms. The fraction of sp³-hybridized carbons (Fsp3) is 0.625. The van der Waals surface area contributed by atoms with Crippen molar-refractivity contribution in [1.82, 2.24) is 4.90 Å². The number of methoxy groups -OCH3 is 1. The van der Waals surface area contributed by atoms with E-state index in [0.29, 0.717) is 18.6 Å². The average Bonchev–Trinajstić information content (AvgIpc) is 2.41. The Bertz CT molecular complexity index is 407. The van der Waals surface area contributed by atoms with E-state index in [2.05, 4.69) is 30.9 Å². The molecule has 1 heterocycles. The van der Waals surface area contributed by atoms with Gasteiger partial charge in [-0.05, 0) is 31.4 Å². The first-order valence-corrected chi connectivity index (χ1v) is 7.10. The fourth-order valence-electron chi connectivity index (χ4n) is 2.80. The maximum absolute atomic E-state index is 10.3. The summed E-state index contributed by atoms with van der Waals surface area (Å²) in [7, 11) is 1.78. The number of benzene rings is 1. The Labute approximate surface area is 116 Å². The summed E-state index contributed by atoms with van der Waals surface area (Å²) in [6.45, 7) is 6.95. The summed E-state index contributed by atoms with van der Waals surface area (Å²) in [5, 5.41) is 10.3. The van der Waals surface area contributed by atoms with Crippen LogP contribution >= 0.6 is 0 Å². The summed E-state index contributed by atoms with van der Waals surface area (Å²) in [5.74, 6) is 0.609. The smallest absolute Gasteiger partial charge is 0.0917 e. The summed E-state index contributed by atoms with van der Waals surface area (Å²) in [5.41, 5.74) is 2.20. The molecule has 1 aromatic rings. The molecular formula is C16H25NO2. The monoisotopic (exact) mass is 263 g/mol. The van der Waals surface area contributed by atoms with Crippen LogP contribution in [0, 0.1) is 12.8 Å². The first-order chi connectivity index (χ1) is 9.10. The second-order valence-corrected chi connectivity index (χ2v) is 5.73. The highest BCUT2D eigenvalue weighted by molar-refractivity contribution is 5.24. The molecule has 1 N–H and O–H groups in total. The lowest BCUT2D eigenvalue weighted by atomic mass is 9.95. The van der Waals surface area contributed by atoms with Gasteiger partial charge in [-0.2, -0.15) is 0 Å². The van der Waals surface area contributed by atoms with Crippen molar-refractivity contribution < 1.29 is 9.84 Å². The van der Waals surface area contributed by atoms with Crippen molar-refractivity contribution in [3.8, 4) is 0 Å². The molecular weight excluding hydrogens is 238 g/mol. The zero-order chi connectivity index (χ0) is 13.8. The predicted octanol–water partition coefficient (Wildman–Crippen LogP) is 2.39. The topological polar surface area (TPSA) is 32.7 Å². The zero-order valence-corrected chi connectivity index (χ0v) is 12.2. The summed E-state index contributed by atoms with van der Waals surface area (Å²) < 4.78 is 5.52. The number of aliphatic hydroxyl groups is 1. The highest BCUT2D eigenvalue weighted by atomic mass is 16.5. The molecule has 0 spiro atoms. The lowest BCUT2D eigenvalue weighted by Crippen LogP contribution is -2.45. The van der Waals surface area contributed by atoms with Crippen LogP contribution in [0.2, 0.25) is 0 Å². The number of ether oxygens (including phenoxy) is 1. The molecule has 0 saturated carbocycles. The largest absolute Gasteiger partial charge is 0.387 e. The van der Waals surface area contributed by atoms with E-state index in [9.17, 15) is 5.11 Å². The maximum Gasteiger partial charge on any atom is 0.0917 e. The summed E-state index contributed by atoms with van der Waals surface area (Å²) >= 11 is 0. The van der Waals surface area contributed by atoms with E-state index in [1.165, 1.54) is 5.56 Å². The molecule has 2 rings (SSSR count). The highest BCUT2D eigenvalue weighted by Crippen LogP contribution is 2.22. The Hall–Kier alpha value is -0.900. The molecule has 1 saturated heterocycles. The molecule has 0 radical (unpaired) electrons. The predicted molar refractivity (Wildman–Crippen MR) is 77.2 cm³/mol. The van der Waals surface area contributed by atoms with Gasteiger partial charge in [0.1, 0.15) is 0 Å². The van der Waals surface area contributed by atoms with Crippen molar-refractivity contribution >= 4 is 0 Å². The fourth-order valence-corrected chi connectivity index (χ4v) is 2.80. The first-order valence-electron chi connectivity index (χ1n) is 7.10. The SMILES string of the molecule is COC1CN(CC(O)c2cccc(C)c2)CCC1C. The van der Waals surface area contributed by atoms with Crippen LogP contribution in [0.3, 0.4) is 0 Å². The number of rotatable bonds is 4. The number of likely N-dealkylation sites (tertiary alicyclic amines) is 1. The average molecular weight is 263 g/mol. The third kappa shape index (κ3) is 3.78. The van der Waals surface area contributed by atoms with Crippen molar-refractivity contribution in [2.45, 2.75) is 32.5 Å². The van der Waals surface area contributed by atoms with E-state index in [4.69, 9.17) is 4.74 Å². The normalized spacial score (nSPS) is 26.3. The number of nitrogens with zero attached hydrogens (tertiary/aromatic N) is 1. The second kappa shape index (κ2) is 6.51. The first kappa shape index (κ1) is 14.5. The molecule has 0 aromatic heterocycles. The van der Waals surface area contributed by atoms with Crippen molar-refractivity contribution in [1.29, 1.82) is 0 Å². The minimum absolute atomic E-state index is 0.290. The highest BCUT2D eigenvalue weighted by Gasteiger charge is 2.27. The van der Waals surface area contributed by atoms with Crippen LogP contribution in [0.5, 0.6) is 0 Å². The Kier molecular flexibility index (Phi) is 4.97. The van der Waals surface area contributed by atoms with Gasteiger partial charge < -0.3 is 9.84 Å². The van der Waals surface area contributed by atoms with E-state index in [-0.39, 0.29) is 0 Å². The molecule has 1 fully saturated rings. The minimum atomic E-state index is -0.411. The van der Waals surface area contributed by atoms with Crippen LogP contribution < -0.4 is 0 Å². The Morgan fingerprint density at radius 2 is 2.26 bits per heavy atom. The number of hydrogen-bond acceptors (Lipinski definition) is 3. The van der Waals surface area contributed by atoms with Gasteiger partial charge in [0.15, 0.2) is 0 Å². The Morgan fingerprint density at radius 1 is 1.47 bits per heavy atom. The second-order valence-electron chi connectivity index (χ2n) is 5.73. The Morgan fingerprint density at radius 3 is 2.95 bits per heavy atom. The van der Waals surface area contributed by atoms with E-state index in [0.717, 1.165) is 25.1 Å². The number of β-amino-alcohol motifs (C(OH)–C–C–N with tert-alkyl or cyclic N) is 1. The van der Waals surface area contributed by atoms with Gasteiger partial charge in [-0.25, -0.2) is 0 Å². The summed E-state index contributed by atoms with van der Waals surface area (Å²) in [6, 6.07) is 8.12. The molecule has 1 aliphatic heterocycles. The molecule has 3 nitrogen and oxygen atoms in total. The maximum atomic E-state index is 10.3. The van der Waals surface area contributed by atoms with E-state index >= 15 is 0 Å². The van der Waals surface area contributed by atoms with Gasteiger partial charge >= 0.3 is 0 Å². The van der Waals surface area contributed by atoms with Crippen molar-refractivity contribution in [2.24, 2.45) is 5.92 Å². The number of hydrogen-bond donors (Lipinski definition) is 1. The van der Waals surface area contributed by atoms with Gasteiger partial charge in [0, 0.05) is 20.2 Å². The molecule has 106 valence electrons. The summed E-state index contributed by atoms with van der Waals surface area (Å²) in [6.07, 6.45) is 1.02. The van der Waals surface area contributed by atoms with E-state index < -0.39 is 6.10 Å². The molecule has 1 aromatic carbocycles. The third-order valence-electron chi connectivity index (χ3n) is 4.13. The molecule has 3 atom stereocenters. The van der Waals surface area contributed by atoms with Gasteiger partial charge in [0.25, 0.3) is 0 Å². The van der Waals surface area contributed by atoms with Crippen molar-refractivity contribution in [3.05, 3.63) is 35.4 Å². The molecule has 0 amide bonds. The number of piperidine rings is 1. The van der Waals surface area contributed by atoms with Crippen molar-refractivity contribution in [3.63, 3.8) is 0 Å². The molecule has 0 aliphatic carbocycles. The van der Waals surface area contributed by atoms with Crippen LogP contribution in [0.25, 0.3) is 0 Å². The van der Waals surface area contributed by atoms with Crippen LogP contribution in [0.4, 0.5) is 0 Å². The van der Waals surface area contributed by atoms with Crippen molar-refractivity contribution in [2.75, 3.05) is 26.7 Å². The van der Waals surface area contributed by atoms with Crippen LogP contribution in [-0.2, 0) is 4.74 Å². The Balaban J connectivity index is 1.94. The summed E-state index contributed by atoms with van der Waals surface area (Å²) in [4.78, 5) is 2.31. The van der Waals surface area contributed by atoms with Crippen LogP contribution in [0.15, 0.2) is 24.3 Å².